The normalized spacial score (nSPS) is 17.0. The Labute approximate surface area is 161 Å². The summed E-state index contributed by atoms with van der Waals surface area (Å²) < 4.78 is 5.67. The first-order valence-corrected chi connectivity index (χ1v) is 9.73. The van der Waals surface area contributed by atoms with Crippen molar-refractivity contribution in [1.82, 2.24) is 15.2 Å². The number of rotatable bonds is 7. The highest BCUT2D eigenvalue weighted by Gasteiger charge is 2.22. The SMILES string of the molecule is Cc1nc(CN2CCC(CNC(=O)C(N)Cc3ccccc3)CC2)oc1C. The molecule has 0 radical (unpaired) electrons. The number of carbonyl (C=O) groups is 1. The molecule has 1 fully saturated rings. The van der Waals surface area contributed by atoms with Gasteiger partial charge in [0.15, 0.2) is 0 Å². The standard InChI is InChI=1S/C21H30N4O2/c1-15-16(2)27-20(24-15)14-25-10-8-18(9-11-25)13-23-21(26)19(22)12-17-6-4-3-5-7-17/h3-7,18-19H,8-14,22H2,1-2H3,(H,23,26). The van der Waals surface area contributed by atoms with Gasteiger partial charge < -0.3 is 15.5 Å². The molecule has 1 saturated heterocycles. The van der Waals surface area contributed by atoms with Gasteiger partial charge in [0.2, 0.25) is 11.8 Å². The smallest absolute Gasteiger partial charge is 0.237 e. The predicted molar refractivity (Wildman–Crippen MR) is 105 cm³/mol. The fourth-order valence-corrected chi connectivity index (χ4v) is 3.48. The number of aromatic nitrogens is 1. The van der Waals surface area contributed by atoms with E-state index in [1.165, 1.54) is 0 Å². The summed E-state index contributed by atoms with van der Waals surface area (Å²) in [6, 6.07) is 9.40. The number of hydrogen-bond donors (Lipinski definition) is 2. The van der Waals surface area contributed by atoms with Gasteiger partial charge in [0.05, 0.1) is 18.3 Å². The molecule has 2 aromatic rings. The Morgan fingerprint density at radius 3 is 2.63 bits per heavy atom. The minimum Gasteiger partial charge on any atom is -0.444 e. The van der Waals surface area contributed by atoms with Crippen LogP contribution in [0, 0.1) is 19.8 Å². The zero-order valence-electron chi connectivity index (χ0n) is 16.3. The summed E-state index contributed by atoms with van der Waals surface area (Å²) in [6.45, 7) is 7.37. The number of hydrogen-bond acceptors (Lipinski definition) is 5. The number of aryl methyl sites for hydroxylation is 2. The zero-order chi connectivity index (χ0) is 19.2. The lowest BCUT2D eigenvalue weighted by molar-refractivity contribution is -0.122. The Morgan fingerprint density at radius 1 is 1.30 bits per heavy atom. The number of nitrogens with one attached hydrogen (secondary N) is 1. The van der Waals surface area contributed by atoms with Crippen molar-refractivity contribution in [2.45, 2.75) is 45.7 Å². The number of amides is 1. The van der Waals surface area contributed by atoms with Crippen LogP contribution in [0.5, 0.6) is 0 Å². The van der Waals surface area contributed by atoms with Gasteiger partial charge in [0.25, 0.3) is 0 Å². The summed E-state index contributed by atoms with van der Waals surface area (Å²) in [5, 5.41) is 3.03. The molecular weight excluding hydrogens is 340 g/mol. The maximum Gasteiger partial charge on any atom is 0.237 e. The van der Waals surface area contributed by atoms with Crippen LogP contribution in [0.3, 0.4) is 0 Å². The zero-order valence-corrected chi connectivity index (χ0v) is 16.3. The molecule has 0 saturated carbocycles. The number of nitrogens with two attached hydrogens (primary N) is 1. The third-order valence-corrected chi connectivity index (χ3v) is 5.34. The van der Waals surface area contributed by atoms with Crippen molar-refractivity contribution in [3.63, 3.8) is 0 Å². The Morgan fingerprint density at radius 2 is 2.00 bits per heavy atom. The Balaban J connectivity index is 1.37. The van der Waals surface area contributed by atoms with E-state index >= 15 is 0 Å². The van der Waals surface area contributed by atoms with Gasteiger partial charge in [-0.05, 0) is 57.7 Å². The van der Waals surface area contributed by atoms with Crippen LogP contribution in [0.25, 0.3) is 0 Å². The van der Waals surface area contributed by atoms with Crippen LogP contribution in [0.15, 0.2) is 34.7 Å². The molecule has 2 heterocycles. The lowest BCUT2D eigenvalue weighted by atomic mass is 9.96. The second-order valence-electron chi connectivity index (χ2n) is 7.51. The van der Waals surface area contributed by atoms with E-state index in [2.05, 4.69) is 15.2 Å². The minimum atomic E-state index is -0.496. The second-order valence-corrected chi connectivity index (χ2v) is 7.51. The maximum absolute atomic E-state index is 12.3. The van der Waals surface area contributed by atoms with Crippen LogP contribution in [0.1, 0.15) is 35.7 Å². The summed E-state index contributed by atoms with van der Waals surface area (Å²) >= 11 is 0. The molecule has 6 nitrogen and oxygen atoms in total. The van der Waals surface area contributed by atoms with Gasteiger partial charge in [-0.25, -0.2) is 4.98 Å². The molecule has 1 unspecified atom stereocenters. The third kappa shape index (κ3) is 5.65. The molecule has 6 heteroatoms. The van der Waals surface area contributed by atoms with Gasteiger partial charge in [-0.3, -0.25) is 9.69 Å². The maximum atomic E-state index is 12.3. The molecule has 1 aromatic heterocycles. The molecule has 3 N–H and O–H groups in total. The Kier molecular flexibility index (Phi) is 6.63. The number of benzene rings is 1. The fourth-order valence-electron chi connectivity index (χ4n) is 3.48. The van der Waals surface area contributed by atoms with E-state index in [1.807, 2.05) is 44.2 Å². The van der Waals surface area contributed by atoms with E-state index < -0.39 is 6.04 Å². The quantitative estimate of drug-likeness (QED) is 0.780. The van der Waals surface area contributed by atoms with Crippen LogP contribution >= 0.6 is 0 Å². The van der Waals surface area contributed by atoms with Crippen molar-refractivity contribution in [3.8, 4) is 0 Å². The number of piperidine rings is 1. The molecule has 1 amide bonds. The Bertz CT molecular complexity index is 716. The van der Waals surface area contributed by atoms with E-state index in [-0.39, 0.29) is 5.91 Å². The highest BCUT2D eigenvalue weighted by atomic mass is 16.4. The first kappa shape index (κ1) is 19.6. The lowest BCUT2D eigenvalue weighted by Crippen LogP contribution is -2.45. The summed E-state index contributed by atoms with van der Waals surface area (Å²) in [6.07, 6.45) is 2.69. The van der Waals surface area contributed by atoms with Crippen LogP contribution in [-0.4, -0.2) is 41.5 Å². The fraction of sp³-hybridized carbons (Fsp3) is 0.524. The van der Waals surface area contributed by atoms with Gasteiger partial charge in [-0.1, -0.05) is 30.3 Å². The summed E-state index contributed by atoms with van der Waals surface area (Å²) in [5.41, 5.74) is 8.10. The van der Waals surface area contributed by atoms with Crippen LogP contribution < -0.4 is 11.1 Å². The monoisotopic (exact) mass is 370 g/mol. The highest BCUT2D eigenvalue weighted by molar-refractivity contribution is 5.81. The minimum absolute atomic E-state index is 0.0629. The van der Waals surface area contributed by atoms with Crippen LogP contribution in [0.4, 0.5) is 0 Å². The van der Waals surface area contributed by atoms with Crippen LogP contribution in [0.2, 0.25) is 0 Å². The second kappa shape index (κ2) is 9.15. The number of likely N-dealkylation sites (tertiary alicyclic amines) is 1. The molecular formula is C21H30N4O2. The van der Waals surface area contributed by atoms with Crippen molar-refractivity contribution in [3.05, 3.63) is 53.2 Å². The highest BCUT2D eigenvalue weighted by Crippen LogP contribution is 2.19. The van der Waals surface area contributed by atoms with E-state index in [0.717, 1.165) is 55.4 Å². The van der Waals surface area contributed by atoms with Gasteiger partial charge in [-0.2, -0.15) is 0 Å². The number of nitrogens with zero attached hydrogens (tertiary/aromatic N) is 2. The van der Waals surface area contributed by atoms with Gasteiger partial charge >= 0.3 is 0 Å². The Hall–Kier alpha value is -2.18. The van der Waals surface area contributed by atoms with Crippen molar-refractivity contribution in [1.29, 1.82) is 0 Å². The van der Waals surface area contributed by atoms with Gasteiger partial charge in [0, 0.05) is 6.54 Å². The molecule has 1 aliphatic heterocycles. The molecule has 146 valence electrons. The van der Waals surface area contributed by atoms with Crippen LogP contribution in [-0.2, 0) is 17.8 Å². The van der Waals surface area contributed by atoms with Crippen molar-refractivity contribution in [2.75, 3.05) is 19.6 Å². The number of oxazole rings is 1. The average molecular weight is 370 g/mol. The van der Waals surface area contributed by atoms with Crippen molar-refractivity contribution < 1.29 is 9.21 Å². The average Bonchev–Trinajstić information content (AvgIpc) is 2.98. The molecule has 1 aliphatic rings. The molecule has 1 atom stereocenters. The van der Waals surface area contributed by atoms with Gasteiger partial charge in [0.1, 0.15) is 5.76 Å². The summed E-state index contributed by atoms with van der Waals surface area (Å²) in [4.78, 5) is 19.1. The topological polar surface area (TPSA) is 84.4 Å². The first-order valence-electron chi connectivity index (χ1n) is 9.73. The predicted octanol–water partition coefficient (Wildman–Crippen LogP) is 2.19. The van der Waals surface area contributed by atoms with E-state index in [4.69, 9.17) is 10.2 Å². The van der Waals surface area contributed by atoms with Crippen molar-refractivity contribution in [2.24, 2.45) is 11.7 Å². The molecule has 0 bridgehead atoms. The molecule has 0 aliphatic carbocycles. The van der Waals surface area contributed by atoms with E-state index in [9.17, 15) is 4.79 Å². The largest absolute Gasteiger partial charge is 0.444 e. The first-order chi connectivity index (χ1) is 13.0. The lowest BCUT2D eigenvalue weighted by Gasteiger charge is -2.31. The van der Waals surface area contributed by atoms with E-state index in [0.29, 0.717) is 18.9 Å². The van der Waals surface area contributed by atoms with Crippen molar-refractivity contribution >= 4 is 5.91 Å². The number of carbonyl (C=O) groups excluding carboxylic acids is 1. The third-order valence-electron chi connectivity index (χ3n) is 5.34. The molecule has 3 rings (SSSR count). The molecule has 27 heavy (non-hydrogen) atoms. The molecule has 0 spiro atoms. The molecule has 1 aromatic carbocycles. The summed E-state index contributed by atoms with van der Waals surface area (Å²) in [7, 11) is 0. The summed E-state index contributed by atoms with van der Waals surface area (Å²) in [5.74, 6) is 2.13. The van der Waals surface area contributed by atoms with E-state index in [1.54, 1.807) is 0 Å². The van der Waals surface area contributed by atoms with Gasteiger partial charge in [-0.15, -0.1) is 0 Å².